The van der Waals surface area contributed by atoms with E-state index < -0.39 is 17.8 Å². The van der Waals surface area contributed by atoms with Crippen LogP contribution in [0.2, 0.25) is 5.02 Å². The van der Waals surface area contributed by atoms with E-state index in [0.717, 1.165) is 20.5 Å². The molecule has 5 rings (SSSR count). The molecule has 200 valence electrons. The monoisotopic (exact) mass is 616 g/mol. The van der Waals surface area contributed by atoms with Crippen molar-refractivity contribution in [2.75, 3.05) is 4.90 Å². The number of hydrogen-bond donors (Lipinski definition) is 1. The van der Waals surface area contributed by atoms with E-state index in [1.54, 1.807) is 54.6 Å². The lowest BCUT2D eigenvalue weighted by Gasteiger charge is -2.26. The van der Waals surface area contributed by atoms with E-state index in [1.807, 2.05) is 42.5 Å². The van der Waals surface area contributed by atoms with Gasteiger partial charge in [-0.25, -0.2) is 9.69 Å². The summed E-state index contributed by atoms with van der Waals surface area (Å²) in [4.78, 5) is 39.8. The Hall–Kier alpha value is -4.40. The highest BCUT2D eigenvalue weighted by Crippen LogP contribution is 2.29. The summed E-state index contributed by atoms with van der Waals surface area (Å²) in [6.07, 6.45) is 1.41. The maximum Gasteiger partial charge on any atom is 0.335 e. The summed E-state index contributed by atoms with van der Waals surface area (Å²) in [5, 5.41) is 2.84. The first-order valence-corrected chi connectivity index (χ1v) is 13.4. The van der Waals surface area contributed by atoms with Gasteiger partial charge in [-0.05, 0) is 71.8 Å². The maximum atomic E-state index is 13.4. The summed E-state index contributed by atoms with van der Waals surface area (Å²) in [6, 6.07) is 27.8. The van der Waals surface area contributed by atoms with Crippen LogP contribution in [-0.4, -0.2) is 17.8 Å². The molecule has 0 radical (unpaired) electrons. The van der Waals surface area contributed by atoms with Crippen LogP contribution < -0.4 is 19.7 Å². The average molecular weight is 618 g/mol. The minimum absolute atomic E-state index is 0.213. The van der Waals surface area contributed by atoms with Crippen molar-refractivity contribution >= 4 is 57.1 Å². The van der Waals surface area contributed by atoms with Crippen LogP contribution in [0.25, 0.3) is 6.08 Å². The average Bonchev–Trinajstić information content (AvgIpc) is 2.95. The van der Waals surface area contributed by atoms with Crippen molar-refractivity contribution in [3.8, 4) is 11.5 Å². The van der Waals surface area contributed by atoms with Gasteiger partial charge in [0.25, 0.3) is 11.8 Å². The summed E-state index contributed by atoms with van der Waals surface area (Å²) in [7, 11) is 0. The Kier molecular flexibility index (Phi) is 8.28. The van der Waals surface area contributed by atoms with E-state index in [2.05, 4.69) is 21.2 Å². The van der Waals surface area contributed by atoms with Crippen LogP contribution in [0.15, 0.2) is 107 Å². The third-order valence-corrected chi connectivity index (χ3v) is 6.73. The number of carbonyl (C=O) groups is 3. The number of benzene rings is 4. The second-order valence-corrected chi connectivity index (χ2v) is 10.2. The Labute approximate surface area is 244 Å². The Morgan fingerprint density at radius 3 is 2.27 bits per heavy atom. The van der Waals surface area contributed by atoms with Crippen molar-refractivity contribution in [2.45, 2.75) is 13.2 Å². The SMILES string of the molecule is O=C1NC(=O)N(c2ccc(OCc3ccccc3)cc2)C(=O)/C1=C/c1cc(Br)ccc1OCc1cccc(Cl)c1. The number of hydrogen-bond acceptors (Lipinski definition) is 5. The van der Waals surface area contributed by atoms with Gasteiger partial charge in [0.2, 0.25) is 0 Å². The van der Waals surface area contributed by atoms with Gasteiger partial charge < -0.3 is 9.47 Å². The molecular formula is C31H22BrClN2O5. The molecule has 1 fully saturated rings. The van der Waals surface area contributed by atoms with E-state index in [9.17, 15) is 14.4 Å². The van der Waals surface area contributed by atoms with Gasteiger partial charge in [-0.2, -0.15) is 0 Å². The van der Waals surface area contributed by atoms with Crippen molar-refractivity contribution in [1.82, 2.24) is 5.32 Å². The topological polar surface area (TPSA) is 84.9 Å². The summed E-state index contributed by atoms with van der Waals surface area (Å²) in [5.41, 5.74) is 2.42. The molecule has 4 aromatic carbocycles. The van der Waals surface area contributed by atoms with Gasteiger partial charge in [-0.3, -0.25) is 14.9 Å². The van der Waals surface area contributed by atoms with Crippen LogP contribution in [0.1, 0.15) is 16.7 Å². The molecule has 1 N–H and O–H groups in total. The minimum atomic E-state index is -0.836. The number of nitrogens with zero attached hydrogens (tertiary/aromatic N) is 1. The van der Waals surface area contributed by atoms with E-state index in [1.165, 1.54) is 6.08 Å². The second kappa shape index (κ2) is 12.2. The molecule has 1 heterocycles. The quantitative estimate of drug-likeness (QED) is 0.171. The van der Waals surface area contributed by atoms with Crippen molar-refractivity contribution < 1.29 is 23.9 Å². The molecule has 4 aromatic rings. The number of urea groups is 1. The van der Waals surface area contributed by atoms with Crippen LogP contribution in [0.5, 0.6) is 11.5 Å². The molecule has 0 aromatic heterocycles. The van der Waals surface area contributed by atoms with Gasteiger partial charge in [-0.15, -0.1) is 0 Å². The summed E-state index contributed by atoms with van der Waals surface area (Å²) in [6.45, 7) is 0.598. The number of imide groups is 2. The first-order chi connectivity index (χ1) is 19.4. The highest BCUT2D eigenvalue weighted by molar-refractivity contribution is 9.10. The van der Waals surface area contributed by atoms with Gasteiger partial charge in [0.15, 0.2) is 0 Å². The zero-order valence-corrected chi connectivity index (χ0v) is 23.3. The second-order valence-electron chi connectivity index (χ2n) is 8.83. The fourth-order valence-corrected chi connectivity index (χ4v) is 4.62. The Bertz CT molecular complexity index is 1610. The van der Waals surface area contributed by atoms with E-state index >= 15 is 0 Å². The van der Waals surface area contributed by atoms with Crippen LogP contribution >= 0.6 is 27.5 Å². The molecule has 40 heavy (non-hydrogen) atoms. The molecule has 1 saturated heterocycles. The smallest absolute Gasteiger partial charge is 0.335 e. The fraction of sp³-hybridized carbons (Fsp3) is 0.0645. The molecule has 0 aliphatic carbocycles. The lowest BCUT2D eigenvalue weighted by molar-refractivity contribution is -0.122. The number of rotatable bonds is 8. The van der Waals surface area contributed by atoms with Crippen molar-refractivity contribution in [3.05, 3.63) is 129 Å². The Morgan fingerprint density at radius 1 is 0.800 bits per heavy atom. The highest BCUT2D eigenvalue weighted by Gasteiger charge is 2.37. The number of carbonyl (C=O) groups excluding carboxylic acids is 3. The summed E-state index contributed by atoms with van der Waals surface area (Å²) >= 11 is 9.50. The van der Waals surface area contributed by atoms with Gasteiger partial charge >= 0.3 is 6.03 Å². The molecule has 0 bridgehead atoms. The van der Waals surface area contributed by atoms with Crippen LogP contribution in [0.4, 0.5) is 10.5 Å². The van der Waals surface area contributed by atoms with Crippen LogP contribution in [0, 0.1) is 0 Å². The number of barbiturate groups is 1. The minimum Gasteiger partial charge on any atom is -0.489 e. The summed E-state index contributed by atoms with van der Waals surface area (Å²) < 4.78 is 12.5. The zero-order chi connectivity index (χ0) is 28.1. The van der Waals surface area contributed by atoms with Crippen molar-refractivity contribution in [2.24, 2.45) is 0 Å². The molecule has 9 heteroatoms. The molecule has 7 nitrogen and oxygen atoms in total. The number of nitrogens with one attached hydrogen (secondary N) is 1. The number of ether oxygens (including phenoxy) is 2. The Morgan fingerprint density at radius 2 is 1.52 bits per heavy atom. The van der Waals surface area contributed by atoms with E-state index in [0.29, 0.717) is 34.4 Å². The van der Waals surface area contributed by atoms with E-state index in [4.69, 9.17) is 21.1 Å². The standard InChI is InChI=1S/C31H22BrClN2O5/c32-23-9-14-28(40-19-21-7-4-8-24(33)15-21)22(16-23)17-27-29(36)34-31(38)35(30(27)37)25-10-12-26(13-11-25)39-18-20-5-2-1-3-6-20/h1-17H,18-19H2,(H,34,36,38)/b27-17+. The predicted octanol–water partition coefficient (Wildman–Crippen LogP) is 6.93. The van der Waals surface area contributed by atoms with Crippen LogP contribution in [0.3, 0.4) is 0 Å². The lowest BCUT2D eigenvalue weighted by atomic mass is 10.1. The molecular weight excluding hydrogens is 596 g/mol. The molecule has 0 atom stereocenters. The van der Waals surface area contributed by atoms with Gasteiger partial charge in [0.1, 0.15) is 30.3 Å². The van der Waals surface area contributed by atoms with Gasteiger partial charge in [0, 0.05) is 15.1 Å². The first-order valence-electron chi connectivity index (χ1n) is 12.2. The van der Waals surface area contributed by atoms with Crippen molar-refractivity contribution in [1.29, 1.82) is 0 Å². The molecule has 4 amide bonds. The fourth-order valence-electron chi connectivity index (χ4n) is 4.03. The first kappa shape index (κ1) is 27.2. The molecule has 0 saturated carbocycles. The number of amides is 4. The molecule has 0 spiro atoms. The zero-order valence-electron chi connectivity index (χ0n) is 21.0. The third kappa shape index (κ3) is 6.42. The van der Waals surface area contributed by atoms with Gasteiger partial charge in [0.05, 0.1) is 5.69 Å². The normalized spacial score (nSPS) is 14.3. The van der Waals surface area contributed by atoms with Gasteiger partial charge in [-0.1, -0.05) is 70.0 Å². The maximum absolute atomic E-state index is 13.4. The lowest BCUT2D eigenvalue weighted by Crippen LogP contribution is -2.54. The molecule has 1 aliphatic heterocycles. The highest BCUT2D eigenvalue weighted by atomic mass is 79.9. The summed E-state index contributed by atoms with van der Waals surface area (Å²) in [5.74, 6) is -0.540. The number of anilines is 1. The molecule has 1 aliphatic rings. The van der Waals surface area contributed by atoms with Crippen molar-refractivity contribution in [3.63, 3.8) is 0 Å². The van der Waals surface area contributed by atoms with Crippen LogP contribution in [-0.2, 0) is 22.8 Å². The molecule has 0 unspecified atom stereocenters. The van der Waals surface area contributed by atoms with E-state index in [-0.39, 0.29) is 12.2 Å². The Balaban J connectivity index is 1.37. The third-order valence-electron chi connectivity index (χ3n) is 6.00. The largest absolute Gasteiger partial charge is 0.489 e. The number of halogens is 2. The predicted molar refractivity (Wildman–Crippen MR) is 156 cm³/mol.